The lowest BCUT2D eigenvalue weighted by Crippen LogP contribution is -2.36. The predicted octanol–water partition coefficient (Wildman–Crippen LogP) is 2.31. The van der Waals surface area contributed by atoms with Crippen LogP contribution in [0, 0.1) is 11.8 Å². The fourth-order valence-electron chi connectivity index (χ4n) is 2.37. The van der Waals surface area contributed by atoms with Gasteiger partial charge >= 0.3 is 0 Å². The van der Waals surface area contributed by atoms with Crippen molar-refractivity contribution in [2.75, 3.05) is 6.54 Å². The van der Waals surface area contributed by atoms with Crippen molar-refractivity contribution >= 4 is 22.8 Å². The molecule has 0 saturated heterocycles. The van der Waals surface area contributed by atoms with Gasteiger partial charge in [-0.25, -0.2) is 0 Å². The first kappa shape index (κ1) is 15.1. The molecule has 0 bridgehead atoms. The molecule has 2 amide bonds. The van der Waals surface area contributed by atoms with E-state index in [0.29, 0.717) is 23.5 Å². The quantitative estimate of drug-likeness (QED) is 0.855. The van der Waals surface area contributed by atoms with Gasteiger partial charge in [-0.1, -0.05) is 19.9 Å². The summed E-state index contributed by atoms with van der Waals surface area (Å²) in [7, 11) is 0. The minimum atomic E-state index is -0.384. The predicted molar refractivity (Wildman–Crippen MR) is 80.7 cm³/mol. The van der Waals surface area contributed by atoms with Crippen molar-refractivity contribution in [1.29, 1.82) is 0 Å². The first-order chi connectivity index (χ1) is 9.99. The second-order valence-corrected chi connectivity index (χ2v) is 5.58. The Kier molecular flexibility index (Phi) is 4.62. The van der Waals surface area contributed by atoms with E-state index in [4.69, 9.17) is 10.2 Å². The number of benzene rings is 1. The minimum Gasteiger partial charge on any atom is -0.464 e. The zero-order chi connectivity index (χ0) is 15.4. The van der Waals surface area contributed by atoms with E-state index in [1.807, 2.05) is 13.8 Å². The van der Waals surface area contributed by atoms with Gasteiger partial charge in [0, 0.05) is 11.9 Å². The lowest BCUT2D eigenvalue weighted by molar-refractivity contribution is -0.122. The number of rotatable bonds is 6. The van der Waals surface area contributed by atoms with Crippen LogP contribution in [0.2, 0.25) is 0 Å². The number of hydrogen-bond acceptors (Lipinski definition) is 3. The van der Waals surface area contributed by atoms with E-state index in [1.165, 1.54) is 0 Å². The van der Waals surface area contributed by atoms with Gasteiger partial charge in [0.2, 0.25) is 5.91 Å². The maximum Gasteiger partial charge on any atom is 0.252 e. The molecule has 0 aliphatic rings. The molecule has 1 aromatic heterocycles. The number of carbonyl (C=O) groups excluding carboxylic acids is 2. The number of carbonyl (C=O) groups is 2. The summed E-state index contributed by atoms with van der Waals surface area (Å²) in [4.78, 5) is 23.7. The van der Waals surface area contributed by atoms with Gasteiger partial charge in [-0.05, 0) is 30.5 Å². The molecule has 112 valence electrons. The van der Waals surface area contributed by atoms with Crippen LogP contribution in [0.3, 0.4) is 0 Å². The molecule has 1 unspecified atom stereocenters. The molecule has 5 nitrogen and oxygen atoms in total. The summed E-state index contributed by atoms with van der Waals surface area (Å²) >= 11 is 0. The third-order valence-corrected chi connectivity index (χ3v) is 3.41. The number of fused-ring (bicyclic) bond motifs is 1. The smallest absolute Gasteiger partial charge is 0.252 e. The van der Waals surface area contributed by atoms with E-state index in [9.17, 15) is 9.59 Å². The van der Waals surface area contributed by atoms with Gasteiger partial charge < -0.3 is 15.5 Å². The van der Waals surface area contributed by atoms with Crippen LogP contribution in [0.15, 0.2) is 34.9 Å². The normalized spacial score (nSPS) is 12.5. The number of nitrogens with two attached hydrogens (primary N) is 1. The molecule has 1 heterocycles. The molecular formula is C16H20N2O3. The van der Waals surface area contributed by atoms with Crippen molar-refractivity contribution in [2.45, 2.75) is 20.3 Å². The van der Waals surface area contributed by atoms with Crippen LogP contribution in [-0.2, 0) is 4.79 Å². The summed E-state index contributed by atoms with van der Waals surface area (Å²) in [5.41, 5.74) is 6.58. The number of amides is 2. The van der Waals surface area contributed by atoms with Gasteiger partial charge in [-0.3, -0.25) is 9.59 Å². The fraction of sp³-hybridized carbons (Fsp3) is 0.375. The van der Waals surface area contributed by atoms with E-state index >= 15 is 0 Å². The minimum absolute atomic E-state index is 0.225. The lowest BCUT2D eigenvalue weighted by atomic mass is 9.96. The molecule has 1 aromatic carbocycles. The molecule has 2 aromatic rings. The van der Waals surface area contributed by atoms with E-state index in [-0.39, 0.29) is 24.3 Å². The lowest BCUT2D eigenvalue weighted by Gasteiger charge is -2.16. The molecule has 0 fully saturated rings. The Hall–Kier alpha value is -2.30. The van der Waals surface area contributed by atoms with Gasteiger partial charge in [0.25, 0.3) is 5.91 Å². The van der Waals surface area contributed by atoms with Crippen molar-refractivity contribution in [1.82, 2.24) is 5.32 Å². The van der Waals surface area contributed by atoms with Crippen molar-refractivity contribution in [3.05, 3.63) is 36.1 Å². The Labute approximate surface area is 123 Å². The summed E-state index contributed by atoms with van der Waals surface area (Å²) in [6.45, 7) is 4.29. The molecule has 0 saturated carbocycles. The maximum atomic E-state index is 12.3. The third-order valence-electron chi connectivity index (χ3n) is 3.41. The number of furan rings is 1. The largest absolute Gasteiger partial charge is 0.464 e. The maximum absolute atomic E-state index is 12.3. The molecule has 21 heavy (non-hydrogen) atoms. The summed E-state index contributed by atoms with van der Waals surface area (Å²) in [5, 5.41) is 3.55. The molecule has 0 aliphatic carbocycles. The Morgan fingerprint density at radius 1 is 1.29 bits per heavy atom. The van der Waals surface area contributed by atoms with Crippen molar-refractivity contribution in [3.63, 3.8) is 0 Å². The number of primary amides is 1. The Bertz CT molecular complexity index is 646. The molecular weight excluding hydrogens is 268 g/mol. The van der Waals surface area contributed by atoms with E-state index < -0.39 is 0 Å². The average Bonchev–Trinajstić information content (AvgIpc) is 2.90. The van der Waals surface area contributed by atoms with Gasteiger partial charge in [-0.15, -0.1) is 0 Å². The number of hydrogen-bond donors (Lipinski definition) is 2. The van der Waals surface area contributed by atoms with Crippen LogP contribution in [0.1, 0.15) is 30.6 Å². The second-order valence-electron chi connectivity index (χ2n) is 5.58. The average molecular weight is 288 g/mol. The van der Waals surface area contributed by atoms with Gasteiger partial charge in [0.1, 0.15) is 5.58 Å². The Morgan fingerprint density at radius 3 is 2.71 bits per heavy atom. The molecule has 2 rings (SSSR count). The highest BCUT2D eigenvalue weighted by atomic mass is 16.3. The van der Waals surface area contributed by atoms with Crippen molar-refractivity contribution in [2.24, 2.45) is 17.6 Å². The zero-order valence-corrected chi connectivity index (χ0v) is 12.3. The van der Waals surface area contributed by atoms with E-state index in [2.05, 4.69) is 5.32 Å². The molecule has 3 N–H and O–H groups in total. The van der Waals surface area contributed by atoms with Crippen LogP contribution < -0.4 is 11.1 Å². The number of nitrogens with one attached hydrogen (secondary N) is 1. The molecule has 5 heteroatoms. The third kappa shape index (κ3) is 3.62. The van der Waals surface area contributed by atoms with Crippen LogP contribution in [0.25, 0.3) is 11.0 Å². The highest BCUT2D eigenvalue weighted by molar-refractivity contribution is 6.06. The van der Waals surface area contributed by atoms with Crippen LogP contribution >= 0.6 is 0 Å². The van der Waals surface area contributed by atoms with Crippen LogP contribution in [-0.4, -0.2) is 18.4 Å². The molecule has 0 aliphatic heterocycles. The summed E-state index contributed by atoms with van der Waals surface area (Å²) in [6.07, 6.45) is 2.21. The highest BCUT2D eigenvalue weighted by Crippen LogP contribution is 2.20. The second kappa shape index (κ2) is 6.43. The van der Waals surface area contributed by atoms with E-state index in [1.54, 1.807) is 30.5 Å². The fourth-order valence-corrected chi connectivity index (χ4v) is 2.37. The van der Waals surface area contributed by atoms with Gasteiger partial charge in [-0.2, -0.15) is 0 Å². The van der Waals surface area contributed by atoms with Gasteiger partial charge in [0.15, 0.2) is 0 Å². The summed E-state index contributed by atoms with van der Waals surface area (Å²) in [6, 6.07) is 7.05. The first-order valence-corrected chi connectivity index (χ1v) is 7.02. The summed E-state index contributed by atoms with van der Waals surface area (Å²) in [5.74, 6) is -0.614. The standard InChI is InChI=1S/C16H20N2O3/c1-10(2)8-11(15(17)19)9-18-16(20)13-4-3-5-14-12(13)6-7-21-14/h3-7,10-11H,8-9H2,1-2H3,(H2,17,19)(H,18,20). The van der Waals surface area contributed by atoms with Crippen molar-refractivity contribution < 1.29 is 14.0 Å². The summed E-state index contributed by atoms with van der Waals surface area (Å²) < 4.78 is 5.27. The van der Waals surface area contributed by atoms with E-state index in [0.717, 1.165) is 5.39 Å². The Morgan fingerprint density at radius 2 is 2.05 bits per heavy atom. The first-order valence-electron chi connectivity index (χ1n) is 7.02. The Balaban J connectivity index is 2.07. The van der Waals surface area contributed by atoms with Gasteiger partial charge in [0.05, 0.1) is 17.7 Å². The monoisotopic (exact) mass is 288 g/mol. The topological polar surface area (TPSA) is 85.3 Å². The van der Waals surface area contributed by atoms with Crippen molar-refractivity contribution in [3.8, 4) is 0 Å². The van der Waals surface area contributed by atoms with Crippen LogP contribution in [0.5, 0.6) is 0 Å². The zero-order valence-electron chi connectivity index (χ0n) is 12.3. The molecule has 0 radical (unpaired) electrons. The molecule has 0 spiro atoms. The SMILES string of the molecule is CC(C)CC(CNC(=O)c1cccc2occc12)C(N)=O. The van der Waals surface area contributed by atoms with Crippen LogP contribution in [0.4, 0.5) is 0 Å². The highest BCUT2D eigenvalue weighted by Gasteiger charge is 2.19. The molecule has 1 atom stereocenters.